The van der Waals surface area contributed by atoms with Gasteiger partial charge in [-0.15, -0.1) is 0 Å². The molecule has 11 heteroatoms. The maximum Gasteiger partial charge on any atom is 0.243 e. The Bertz CT molecular complexity index is 1110. The normalized spacial score (nSPS) is 15.2. The van der Waals surface area contributed by atoms with Gasteiger partial charge in [0.25, 0.3) is 0 Å². The third-order valence-corrected chi connectivity index (χ3v) is 8.02. The predicted molar refractivity (Wildman–Crippen MR) is 109 cm³/mol. The van der Waals surface area contributed by atoms with E-state index in [0.29, 0.717) is 18.8 Å². The van der Waals surface area contributed by atoms with Crippen molar-refractivity contribution in [1.29, 1.82) is 0 Å². The molecule has 3 rings (SSSR count). The van der Waals surface area contributed by atoms with Gasteiger partial charge in [0.1, 0.15) is 10.7 Å². The van der Waals surface area contributed by atoms with E-state index in [9.17, 15) is 26.0 Å². The molecule has 30 heavy (non-hydrogen) atoms. The molecule has 1 heterocycles. The van der Waals surface area contributed by atoms with Gasteiger partial charge in [-0.2, -0.15) is 4.31 Å². The van der Waals surface area contributed by atoms with Gasteiger partial charge >= 0.3 is 0 Å². The number of sulfonamides is 2. The van der Waals surface area contributed by atoms with E-state index in [-0.39, 0.29) is 17.9 Å². The second kappa shape index (κ2) is 9.21. The highest BCUT2D eigenvalue weighted by atomic mass is 32.2. The van der Waals surface area contributed by atoms with Crippen LogP contribution in [0.25, 0.3) is 0 Å². The Hall–Kier alpha value is -2.34. The molecular weight excluding hydrogens is 433 g/mol. The van der Waals surface area contributed by atoms with Crippen LogP contribution in [0, 0.1) is 5.82 Å². The minimum atomic E-state index is -4.07. The summed E-state index contributed by atoms with van der Waals surface area (Å²) in [4.78, 5) is 11.7. The van der Waals surface area contributed by atoms with E-state index >= 15 is 0 Å². The van der Waals surface area contributed by atoms with Gasteiger partial charge in [-0.3, -0.25) is 4.79 Å². The molecule has 1 aliphatic rings. The first-order valence-corrected chi connectivity index (χ1v) is 12.3. The van der Waals surface area contributed by atoms with Crippen molar-refractivity contribution in [1.82, 2.24) is 9.03 Å². The van der Waals surface area contributed by atoms with Crippen LogP contribution in [0.15, 0.2) is 58.3 Å². The smallest absolute Gasteiger partial charge is 0.243 e. The first-order valence-electron chi connectivity index (χ1n) is 9.34. The highest BCUT2D eigenvalue weighted by Crippen LogP contribution is 2.22. The molecule has 1 amide bonds. The molecule has 2 aromatic rings. The molecule has 0 atom stereocenters. The van der Waals surface area contributed by atoms with Crippen LogP contribution in [-0.4, -0.2) is 46.7 Å². The van der Waals surface area contributed by atoms with Gasteiger partial charge in [-0.25, -0.2) is 25.9 Å². The molecule has 1 saturated heterocycles. The quantitative estimate of drug-likeness (QED) is 0.632. The molecule has 0 saturated carbocycles. The first-order chi connectivity index (χ1) is 14.2. The summed E-state index contributed by atoms with van der Waals surface area (Å²) >= 11 is 0. The fourth-order valence-corrected chi connectivity index (χ4v) is 5.68. The molecule has 1 aliphatic heterocycles. The molecule has 8 nitrogen and oxygen atoms in total. The van der Waals surface area contributed by atoms with Crippen molar-refractivity contribution in [3.05, 3.63) is 54.3 Å². The van der Waals surface area contributed by atoms with Crippen LogP contribution in [-0.2, 0) is 24.8 Å². The monoisotopic (exact) mass is 455 g/mol. The van der Waals surface area contributed by atoms with E-state index in [1.807, 2.05) is 0 Å². The summed E-state index contributed by atoms with van der Waals surface area (Å²) in [7, 11) is -7.60. The lowest BCUT2D eigenvalue weighted by atomic mass is 10.3. The maximum absolute atomic E-state index is 13.6. The minimum Gasteiger partial charge on any atom is -0.326 e. The number of anilines is 1. The average Bonchev–Trinajstić information content (AvgIpc) is 3.24. The lowest BCUT2D eigenvalue weighted by Crippen LogP contribution is -2.28. The lowest BCUT2D eigenvalue weighted by Gasteiger charge is -2.15. The topological polar surface area (TPSA) is 113 Å². The Morgan fingerprint density at radius 2 is 1.60 bits per heavy atom. The largest absolute Gasteiger partial charge is 0.326 e. The third kappa shape index (κ3) is 5.22. The van der Waals surface area contributed by atoms with E-state index in [0.717, 1.165) is 25.0 Å². The van der Waals surface area contributed by atoms with E-state index in [1.165, 1.54) is 40.7 Å². The van der Waals surface area contributed by atoms with E-state index in [1.54, 1.807) is 0 Å². The van der Waals surface area contributed by atoms with Crippen molar-refractivity contribution in [2.45, 2.75) is 29.1 Å². The number of rotatable bonds is 8. The van der Waals surface area contributed by atoms with Crippen LogP contribution in [0.4, 0.5) is 10.1 Å². The number of hydrogen-bond acceptors (Lipinski definition) is 5. The zero-order valence-electron chi connectivity index (χ0n) is 16.0. The van der Waals surface area contributed by atoms with E-state index in [2.05, 4.69) is 10.0 Å². The lowest BCUT2D eigenvalue weighted by molar-refractivity contribution is -0.116. The summed E-state index contributed by atoms with van der Waals surface area (Å²) in [6.07, 6.45) is 1.50. The van der Waals surface area contributed by atoms with Crippen molar-refractivity contribution in [2.75, 3.05) is 25.0 Å². The Morgan fingerprint density at radius 3 is 2.23 bits per heavy atom. The van der Waals surface area contributed by atoms with Crippen LogP contribution >= 0.6 is 0 Å². The average molecular weight is 456 g/mol. The Kier molecular flexibility index (Phi) is 6.86. The molecule has 0 spiro atoms. The van der Waals surface area contributed by atoms with Crippen LogP contribution < -0.4 is 10.0 Å². The number of halogens is 1. The molecule has 162 valence electrons. The zero-order valence-corrected chi connectivity index (χ0v) is 17.7. The number of hydrogen-bond donors (Lipinski definition) is 2. The summed E-state index contributed by atoms with van der Waals surface area (Å²) in [5, 5.41) is 2.57. The van der Waals surface area contributed by atoms with Crippen molar-refractivity contribution in [2.24, 2.45) is 0 Å². The Balaban J connectivity index is 1.53. The van der Waals surface area contributed by atoms with E-state index in [4.69, 9.17) is 0 Å². The summed E-state index contributed by atoms with van der Waals surface area (Å²) in [6, 6.07) is 10.7. The number of carbonyl (C=O) groups excluding carboxylic acids is 1. The molecule has 0 aromatic heterocycles. The van der Waals surface area contributed by atoms with Crippen LogP contribution in [0.3, 0.4) is 0 Å². The Morgan fingerprint density at radius 1 is 0.967 bits per heavy atom. The molecule has 0 aliphatic carbocycles. The number of benzene rings is 2. The Labute approximate surface area is 175 Å². The molecule has 1 fully saturated rings. The number of nitrogens with zero attached hydrogens (tertiary/aromatic N) is 1. The standard InChI is InChI=1S/C19H22FN3O5S2/c20-17-5-1-2-6-18(17)29(25,26)21-12-11-19(24)22-15-7-9-16(10-8-15)30(27,28)23-13-3-4-14-23/h1-2,5-10,21H,3-4,11-14H2,(H,22,24). The number of carbonyl (C=O) groups is 1. The molecule has 2 aromatic carbocycles. The second-order valence-electron chi connectivity index (χ2n) is 6.76. The van der Waals surface area contributed by atoms with Gasteiger partial charge in [0.15, 0.2) is 0 Å². The second-order valence-corrected chi connectivity index (χ2v) is 10.4. The summed E-state index contributed by atoms with van der Waals surface area (Å²) in [5.74, 6) is -1.35. The molecule has 2 N–H and O–H groups in total. The highest BCUT2D eigenvalue weighted by molar-refractivity contribution is 7.89. The van der Waals surface area contributed by atoms with Crippen LogP contribution in [0.2, 0.25) is 0 Å². The number of nitrogens with one attached hydrogen (secondary N) is 2. The molecule has 0 radical (unpaired) electrons. The minimum absolute atomic E-state index is 0.153. The SMILES string of the molecule is O=C(CCNS(=O)(=O)c1ccccc1F)Nc1ccc(S(=O)(=O)N2CCCC2)cc1. The van der Waals surface area contributed by atoms with Crippen LogP contribution in [0.5, 0.6) is 0 Å². The fraction of sp³-hybridized carbons (Fsp3) is 0.316. The van der Waals surface area contributed by atoms with Crippen molar-refractivity contribution < 1.29 is 26.0 Å². The van der Waals surface area contributed by atoms with Crippen molar-refractivity contribution >= 4 is 31.6 Å². The van der Waals surface area contributed by atoms with Crippen molar-refractivity contribution in [3.63, 3.8) is 0 Å². The van der Waals surface area contributed by atoms with Gasteiger partial charge in [-0.05, 0) is 49.2 Å². The maximum atomic E-state index is 13.6. The summed E-state index contributed by atoms with van der Waals surface area (Å²) < 4.78 is 66.4. The van der Waals surface area contributed by atoms with Crippen molar-refractivity contribution in [3.8, 4) is 0 Å². The van der Waals surface area contributed by atoms with Gasteiger partial charge in [0, 0.05) is 31.7 Å². The van der Waals surface area contributed by atoms with Gasteiger partial charge in [-0.1, -0.05) is 12.1 Å². The number of amides is 1. The third-order valence-electron chi connectivity index (χ3n) is 4.61. The van der Waals surface area contributed by atoms with Gasteiger partial charge in [0.2, 0.25) is 26.0 Å². The van der Waals surface area contributed by atoms with Gasteiger partial charge < -0.3 is 5.32 Å². The molecule has 0 bridgehead atoms. The molecule has 0 unspecified atom stereocenters. The summed E-state index contributed by atoms with van der Waals surface area (Å²) in [6.45, 7) is 0.789. The highest BCUT2D eigenvalue weighted by Gasteiger charge is 2.27. The first kappa shape index (κ1) is 22.3. The zero-order chi connectivity index (χ0) is 21.8. The molecular formula is C19H22FN3O5S2. The summed E-state index contributed by atoms with van der Waals surface area (Å²) in [5.41, 5.74) is 0.386. The van der Waals surface area contributed by atoms with E-state index < -0.39 is 36.7 Å². The fourth-order valence-electron chi connectivity index (χ4n) is 3.05. The van der Waals surface area contributed by atoms with Crippen LogP contribution in [0.1, 0.15) is 19.3 Å². The predicted octanol–water partition coefficient (Wildman–Crippen LogP) is 1.92. The van der Waals surface area contributed by atoms with Gasteiger partial charge in [0.05, 0.1) is 4.90 Å².